The maximum absolute atomic E-state index is 13.2. The molecule has 1 fully saturated rings. The zero-order chi connectivity index (χ0) is 22.5. The maximum atomic E-state index is 13.2. The van der Waals surface area contributed by atoms with E-state index in [1.165, 1.54) is 21.6 Å². The number of fused-ring (bicyclic) bond motifs is 2. The molecule has 1 aliphatic heterocycles. The molecule has 8 nitrogen and oxygen atoms in total. The van der Waals surface area contributed by atoms with Crippen molar-refractivity contribution in [2.75, 3.05) is 26.2 Å². The van der Waals surface area contributed by atoms with Crippen molar-refractivity contribution < 1.29 is 13.2 Å². The highest BCUT2D eigenvalue weighted by atomic mass is 32.2. The van der Waals surface area contributed by atoms with Crippen LogP contribution in [0.15, 0.2) is 52.2 Å². The van der Waals surface area contributed by atoms with Gasteiger partial charge in [-0.25, -0.2) is 13.1 Å². The summed E-state index contributed by atoms with van der Waals surface area (Å²) in [5.74, 6) is -0.300. The summed E-state index contributed by atoms with van der Waals surface area (Å²) in [5.41, 5.74) is 2.30. The molecular formula is C23H24N4O4S. The van der Waals surface area contributed by atoms with E-state index < -0.39 is 10.0 Å². The molecule has 1 saturated heterocycles. The van der Waals surface area contributed by atoms with E-state index in [-0.39, 0.29) is 43.3 Å². The first kappa shape index (κ1) is 20.8. The van der Waals surface area contributed by atoms with Crippen molar-refractivity contribution in [2.24, 2.45) is 7.05 Å². The number of carbonyl (C=O) groups is 1. The molecule has 0 spiro atoms. The highest BCUT2D eigenvalue weighted by Crippen LogP contribution is 2.27. The number of piperazine rings is 1. The lowest BCUT2D eigenvalue weighted by Crippen LogP contribution is -2.50. The van der Waals surface area contributed by atoms with Gasteiger partial charge >= 0.3 is 0 Å². The van der Waals surface area contributed by atoms with Crippen LogP contribution in [0.2, 0.25) is 0 Å². The Morgan fingerprint density at radius 1 is 0.938 bits per heavy atom. The van der Waals surface area contributed by atoms with Crippen LogP contribution in [0.1, 0.15) is 28.0 Å². The SMILES string of the molecule is Cn1nc(C(=O)N2CCN(S(=O)(=O)c3ccc4c(c3)CCC4)CC2)c2ccccc2c1=O. The van der Waals surface area contributed by atoms with Crippen LogP contribution < -0.4 is 5.56 Å². The molecule has 2 aromatic carbocycles. The second-order valence-corrected chi connectivity index (χ2v) is 10.2. The van der Waals surface area contributed by atoms with E-state index in [1.54, 1.807) is 41.3 Å². The van der Waals surface area contributed by atoms with Crippen molar-refractivity contribution in [2.45, 2.75) is 24.2 Å². The first-order valence-electron chi connectivity index (χ1n) is 10.7. The molecule has 0 saturated carbocycles. The van der Waals surface area contributed by atoms with Crippen molar-refractivity contribution in [3.05, 3.63) is 69.6 Å². The normalized spacial score (nSPS) is 17.0. The number of nitrogens with zero attached hydrogens (tertiary/aromatic N) is 4. The molecule has 0 atom stereocenters. The van der Waals surface area contributed by atoms with Crippen LogP contribution in [0.3, 0.4) is 0 Å². The molecule has 2 aliphatic rings. The molecule has 166 valence electrons. The number of carbonyl (C=O) groups excluding carboxylic acids is 1. The van der Waals surface area contributed by atoms with Gasteiger partial charge in [0.1, 0.15) is 0 Å². The Morgan fingerprint density at radius 3 is 2.38 bits per heavy atom. The third kappa shape index (κ3) is 3.41. The molecule has 9 heteroatoms. The van der Waals surface area contributed by atoms with Gasteiger partial charge in [0.05, 0.1) is 10.3 Å². The Balaban J connectivity index is 1.36. The fourth-order valence-corrected chi connectivity index (χ4v) is 6.07. The summed E-state index contributed by atoms with van der Waals surface area (Å²) in [5, 5.41) is 5.15. The summed E-state index contributed by atoms with van der Waals surface area (Å²) in [6.07, 6.45) is 2.99. The van der Waals surface area contributed by atoms with E-state index in [0.29, 0.717) is 15.7 Å². The van der Waals surface area contributed by atoms with Gasteiger partial charge in [0, 0.05) is 38.6 Å². The lowest BCUT2D eigenvalue weighted by molar-refractivity contribution is 0.0691. The van der Waals surface area contributed by atoms with Crippen molar-refractivity contribution >= 4 is 26.7 Å². The molecule has 2 heterocycles. The molecule has 0 unspecified atom stereocenters. The number of benzene rings is 2. The first-order valence-corrected chi connectivity index (χ1v) is 12.2. The first-order chi connectivity index (χ1) is 15.4. The molecule has 0 bridgehead atoms. The highest BCUT2D eigenvalue weighted by molar-refractivity contribution is 7.89. The van der Waals surface area contributed by atoms with E-state index >= 15 is 0 Å². The van der Waals surface area contributed by atoms with Gasteiger partial charge in [-0.2, -0.15) is 9.40 Å². The third-order valence-corrected chi connectivity index (χ3v) is 8.29. The van der Waals surface area contributed by atoms with Crippen LogP contribution in [-0.4, -0.2) is 59.5 Å². The fourth-order valence-electron chi connectivity index (χ4n) is 4.60. The number of rotatable bonds is 3. The Hall–Kier alpha value is -3.04. The quantitative estimate of drug-likeness (QED) is 0.602. The van der Waals surface area contributed by atoms with Crippen molar-refractivity contribution in [3.8, 4) is 0 Å². The van der Waals surface area contributed by atoms with Gasteiger partial charge in [-0.15, -0.1) is 0 Å². The van der Waals surface area contributed by atoms with E-state index in [2.05, 4.69) is 5.10 Å². The van der Waals surface area contributed by atoms with Crippen molar-refractivity contribution in [3.63, 3.8) is 0 Å². The van der Waals surface area contributed by atoms with Gasteiger partial charge in [0.2, 0.25) is 10.0 Å². The largest absolute Gasteiger partial charge is 0.335 e. The van der Waals surface area contributed by atoms with Gasteiger partial charge in [0.25, 0.3) is 11.5 Å². The van der Waals surface area contributed by atoms with Crippen molar-refractivity contribution in [1.29, 1.82) is 0 Å². The Kier molecular flexibility index (Phi) is 5.10. The smallest absolute Gasteiger partial charge is 0.275 e. The summed E-state index contributed by atoms with van der Waals surface area (Å²) in [7, 11) is -2.09. The summed E-state index contributed by atoms with van der Waals surface area (Å²) in [6, 6.07) is 12.3. The number of amides is 1. The lowest BCUT2D eigenvalue weighted by Gasteiger charge is -2.34. The minimum absolute atomic E-state index is 0.206. The molecule has 5 rings (SSSR count). The second kappa shape index (κ2) is 7.83. The minimum Gasteiger partial charge on any atom is -0.335 e. The van der Waals surface area contributed by atoms with Crippen LogP contribution in [-0.2, 0) is 29.9 Å². The number of aryl methyl sites for hydroxylation is 3. The number of hydrogen-bond donors (Lipinski definition) is 0. The zero-order valence-electron chi connectivity index (χ0n) is 17.8. The van der Waals surface area contributed by atoms with Crippen LogP contribution in [0.4, 0.5) is 0 Å². The average Bonchev–Trinajstić information content (AvgIpc) is 3.29. The van der Waals surface area contributed by atoms with Crippen molar-refractivity contribution in [1.82, 2.24) is 19.0 Å². The molecule has 0 radical (unpaired) electrons. The van der Waals surface area contributed by atoms with Gasteiger partial charge in [0.15, 0.2) is 5.69 Å². The lowest BCUT2D eigenvalue weighted by atomic mass is 10.1. The monoisotopic (exact) mass is 452 g/mol. The molecule has 1 aromatic heterocycles. The van der Waals surface area contributed by atoms with Gasteiger partial charge in [-0.3, -0.25) is 9.59 Å². The predicted molar refractivity (Wildman–Crippen MR) is 120 cm³/mol. The third-order valence-electron chi connectivity index (χ3n) is 6.39. The Morgan fingerprint density at radius 2 is 1.62 bits per heavy atom. The molecule has 0 N–H and O–H groups in total. The summed E-state index contributed by atoms with van der Waals surface area (Å²) in [4.78, 5) is 27.5. The van der Waals surface area contributed by atoms with Gasteiger partial charge in [-0.1, -0.05) is 24.3 Å². The van der Waals surface area contributed by atoms with E-state index in [0.717, 1.165) is 24.8 Å². The van der Waals surface area contributed by atoms with E-state index in [9.17, 15) is 18.0 Å². The Bertz CT molecular complexity index is 1390. The molecule has 1 amide bonds. The minimum atomic E-state index is -3.61. The van der Waals surface area contributed by atoms with Crippen LogP contribution >= 0.6 is 0 Å². The second-order valence-electron chi connectivity index (χ2n) is 8.30. The molecule has 1 aliphatic carbocycles. The number of hydrogen-bond acceptors (Lipinski definition) is 5. The van der Waals surface area contributed by atoms with Crippen LogP contribution in [0.25, 0.3) is 10.8 Å². The fraction of sp³-hybridized carbons (Fsp3) is 0.348. The predicted octanol–water partition coefficient (Wildman–Crippen LogP) is 1.57. The average molecular weight is 453 g/mol. The molecular weight excluding hydrogens is 428 g/mol. The summed E-state index contributed by atoms with van der Waals surface area (Å²) >= 11 is 0. The number of aromatic nitrogens is 2. The summed E-state index contributed by atoms with van der Waals surface area (Å²) in [6.45, 7) is 0.966. The maximum Gasteiger partial charge on any atom is 0.275 e. The standard InChI is InChI=1S/C23H24N4O4S/c1-25-22(28)20-8-3-2-7-19(20)21(24-25)23(29)26-11-13-27(14-12-26)32(30,31)18-10-9-16-5-4-6-17(16)15-18/h2-3,7-10,15H,4-6,11-14H2,1H3. The van der Waals surface area contributed by atoms with Gasteiger partial charge < -0.3 is 4.90 Å². The van der Waals surface area contributed by atoms with E-state index in [1.807, 2.05) is 6.07 Å². The van der Waals surface area contributed by atoms with E-state index in [4.69, 9.17) is 0 Å². The highest BCUT2D eigenvalue weighted by Gasteiger charge is 2.32. The Labute approximate surface area is 186 Å². The zero-order valence-corrected chi connectivity index (χ0v) is 18.6. The summed E-state index contributed by atoms with van der Waals surface area (Å²) < 4.78 is 28.9. The van der Waals surface area contributed by atoms with Gasteiger partial charge in [-0.05, 0) is 48.6 Å². The van der Waals surface area contributed by atoms with Crippen LogP contribution in [0.5, 0.6) is 0 Å². The number of sulfonamides is 1. The molecule has 3 aromatic rings. The van der Waals surface area contributed by atoms with Crippen LogP contribution in [0, 0.1) is 0 Å². The topological polar surface area (TPSA) is 92.6 Å². The molecule has 32 heavy (non-hydrogen) atoms.